The lowest BCUT2D eigenvalue weighted by molar-refractivity contribution is -0.137. The van der Waals surface area contributed by atoms with E-state index in [0.717, 1.165) is 25.1 Å². The Labute approximate surface area is 187 Å². The van der Waals surface area contributed by atoms with E-state index in [-0.39, 0.29) is 17.2 Å². The Bertz CT molecular complexity index is 1190. The number of thioether (sulfide) groups is 1. The lowest BCUT2D eigenvalue weighted by atomic mass is 10.1. The Hall–Kier alpha value is -2.81. The Balaban J connectivity index is 1.57. The van der Waals surface area contributed by atoms with Crippen LogP contribution in [0, 0.1) is 0 Å². The number of nitrogens with zero attached hydrogens (tertiary/aromatic N) is 3. The molecule has 1 aromatic heterocycles. The number of fused-ring (bicyclic) bond motifs is 1. The zero-order valence-corrected chi connectivity index (χ0v) is 18.1. The summed E-state index contributed by atoms with van der Waals surface area (Å²) in [7, 11) is 0. The molecule has 3 aromatic rings. The third kappa shape index (κ3) is 4.98. The van der Waals surface area contributed by atoms with Gasteiger partial charge in [0.15, 0.2) is 5.16 Å². The van der Waals surface area contributed by atoms with Gasteiger partial charge in [-0.3, -0.25) is 14.2 Å². The van der Waals surface area contributed by atoms with Gasteiger partial charge >= 0.3 is 6.18 Å². The maximum atomic E-state index is 13.1. The summed E-state index contributed by atoms with van der Waals surface area (Å²) in [6, 6.07) is 12.2. The molecule has 2 heterocycles. The van der Waals surface area contributed by atoms with Crippen LogP contribution in [-0.4, -0.2) is 33.4 Å². The number of hydrogen-bond donors (Lipinski definition) is 0. The van der Waals surface area contributed by atoms with Crippen molar-refractivity contribution in [3.05, 3.63) is 70.0 Å². The summed E-state index contributed by atoms with van der Waals surface area (Å²) < 4.78 is 40.6. The zero-order chi connectivity index (χ0) is 22.7. The largest absolute Gasteiger partial charge is 0.416 e. The van der Waals surface area contributed by atoms with Gasteiger partial charge in [0.1, 0.15) is 0 Å². The Kier molecular flexibility index (Phi) is 6.55. The number of amides is 1. The van der Waals surface area contributed by atoms with Crippen molar-refractivity contribution in [2.75, 3.05) is 13.1 Å². The predicted octanol–water partition coefficient (Wildman–Crippen LogP) is 4.72. The molecule has 0 bridgehead atoms. The van der Waals surface area contributed by atoms with Gasteiger partial charge in [0, 0.05) is 31.8 Å². The molecule has 0 radical (unpaired) electrons. The molecule has 32 heavy (non-hydrogen) atoms. The highest BCUT2D eigenvalue weighted by Crippen LogP contribution is 2.31. The third-order valence-corrected chi connectivity index (χ3v) is 6.48. The lowest BCUT2D eigenvalue weighted by Gasteiger charge is -2.17. The number of alkyl halides is 3. The highest BCUT2D eigenvalue weighted by molar-refractivity contribution is 7.98. The molecule has 0 unspecified atom stereocenters. The standard InChI is InChI=1S/C23H22F3N3O2S/c24-23(25,26)17-7-3-6-16(14-17)15-32-22-27-19-9-2-1-8-18(19)21(31)29(22)13-5-12-28-11-4-10-20(28)30/h1-3,6-9,14H,4-5,10-13,15H2. The molecular formula is C23H22F3N3O2S. The van der Waals surface area contributed by atoms with Crippen LogP contribution in [0.15, 0.2) is 58.5 Å². The van der Waals surface area contributed by atoms with Gasteiger partial charge in [-0.05, 0) is 36.6 Å². The molecule has 9 heteroatoms. The first kappa shape index (κ1) is 22.4. The summed E-state index contributed by atoms with van der Waals surface area (Å²) >= 11 is 1.24. The molecule has 5 nitrogen and oxygen atoms in total. The quantitative estimate of drug-likeness (QED) is 0.377. The summed E-state index contributed by atoms with van der Waals surface area (Å²) in [6.45, 7) is 1.68. The van der Waals surface area contributed by atoms with Gasteiger partial charge < -0.3 is 4.90 Å². The van der Waals surface area contributed by atoms with E-state index < -0.39 is 11.7 Å². The van der Waals surface area contributed by atoms with Gasteiger partial charge in [-0.1, -0.05) is 42.1 Å². The number of aromatic nitrogens is 2. The van der Waals surface area contributed by atoms with Crippen molar-refractivity contribution >= 4 is 28.6 Å². The molecule has 0 atom stereocenters. The topological polar surface area (TPSA) is 55.2 Å². The van der Waals surface area contributed by atoms with Crippen molar-refractivity contribution in [2.24, 2.45) is 0 Å². The SMILES string of the molecule is O=C1CCCN1CCCn1c(SCc2cccc(C(F)(F)F)c2)nc2ccccc2c1=O. The minimum atomic E-state index is -4.41. The monoisotopic (exact) mass is 461 g/mol. The second-order valence-corrected chi connectivity index (χ2v) is 8.64. The Morgan fingerprint density at radius 3 is 2.59 bits per heavy atom. The first-order valence-electron chi connectivity index (χ1n) is 10.4. The molecule has 1 aliphatic rings. The van der Waals surface area contributed by atoms with Crippen molar-refractivity contribution in [2.45, 2.75) is 42.9 Å². The van der Waals surface area contributed by atoms with Gasteiger partial charge in [-0.25, -0.2) is 4.98 Å². The van der Waals surface area contributed by atoms with E-state index in [1.54, 1.807) is 39.8 Å². The van der Waals surface area contributed by atoms with Crippen molar-refractivity contribution in [1.29, 1.82) is 0 Å². The first-order chi connectivity index (χ1) is 15.3. The number of halogens is 3. The zero-order valence-electron chi connectivity index (χ0n) is 17.3. The molecule has 1 saturated heterocycles. The normalized spacial score (nSPS) is 14.5. The van der Waals surface area contributed by atoms with E-state index in [0.29, 0.717) is 47.6 Å². The number of carbonyl (C=O) groups is 1. The molecule has 0 spiro atoms. The molecule has 1 fully saturated rings. The Morgan fingerprint density at radius 1 is 1.03 bits per heavy atom. The molecule has 4 rings (SSSR count). The fourth-order valence-corrected chi connectivity index (χ4v) is 4.77. The molecule has 0 N–H and O–H groups in total. The molecule has 2 aromatic carbocycles. The Morgan fingerprint density at radius 2 is 1.84 bits per heavy atom. The minimum absolute atomic E-state index is 0.133. The molecule has 0 saturated carbocycles. The highest BCUT2D eigenvalue weighted by atomic mass is 32.2. The second-order valence-electron chi connectivity index (χ2n) is 7.69. The predicted molar refractivity (Wildman–Crippen MR) is 117 cm³/mol. The van der Waals surface area contributed by atoms with Crippen LogP contribution in [0.25, 0.3) is 10.9 Å². The van der Waals surface area contributed by atoms with Gasteiger partial charge in [0.05, 0.1) is 16.5 Å². The van der Waals surface area contributed by atoms with Crippen LogP contribution in [0.5, 0.6) is 0 Å². The van der Waals surface area contributed by atoms with Crippen molar-refractivity contribution in [1.82, 2.24) is 14.5 Å². The average molecular weight is 462 g/mol. The van der Waals surface area contributed by atoms with Crippen LogP contribution in [-0.2, 0) is 23.3 Å². The fraction of sp³-hybridized carbons (Fsp3) is 0.348. The van der Waals surface area contributed by atoms with Crippen LogP contribution in [0.1, 0.15) is 30.4 Å². The van der Waals surface area contributed by atoms with E-state index in [2.05, 4.69) is 4.98 Å². The first-order valence-corrected chi connectivity index (χ1v) is 11.4. The molecule has 1 amide bonds. The summed E-state index contributed by atoms with van der Waals surface area (Å²) in [5, 5.41) is 0.951. The van der Waals surface area contributed by atoms with E-state index in [1.807, 2.05) is 0 Å². The van der Waals surface area contributed by atoms with Crippen molar-refractivity contribution < 1.29 is 18.0 Å². The fourth-order valence-electron chi connectivity index (χ4n) is 3.80. The summed E-state index contributed by atoms with van der Waals surface area (Å²) in [6.07, 6.45) is -2.39. The molecule has 168 valence electrons. The van der Waals surface area contributed by atoms with E-state index in [1.165, 1.54) is 17.8 Å². The number of carbonyl (C=O) groups excluding carboxylic acids is 1. The second kappa shape index (κ2) is 9.36. The third-order valence-electron chi connectivity index (χ3n) is 5.43. The molecule has 1 aliphatic heterocycles. The average Bonchev–Trinajstić information content (AvgIpc) is 3.18. The maximum absolute atomic E-state index is 13.1. The van der Waals surface area contributed by atoms with Gasteiger partial charge in [-0.2, -0.15) is 13.2 Å². The lowest BCUT2D eigenvalue weighted by Crippen LogP contribution is -2.29. The summed E-state index contributed by atoms with van der Waals surface area (Å²) in [5.41, 5.74) is 0.168. The maximum Gasteiger partial charge on any atom is 0.416 e. The number of benzene rings is 2. The van der Waals surface area contributed by atoms with Crippen molar-refractivity contribution in [3.63, 3.8) is 0 Å². The van der Waals surface area contributed by atoms with Crippen LogP contribution < -0.4 is 5.56 Å². The number of rotatable bonds is 7. The van der Waals surface area contributed by atoms with E-state index in [9.17, 15) is 22.8 Å². The summed E-state index contributed by atoms with van der Waals surface area (Å²) in [4.78, 5) is 31.4. The minimum Gasteiger partial charge on any atom is -0.343 e. The van der Waals surface area contributed by atoms with Crippen LogP contribution in [0.4, 0.5) is 13.2 Å². The molecule has 0 aliphatic carbocycles. The van der Waals surface area contributed by atoms with Gasteiger partial charge in [0.2, 0.25) is 5.91 Å². The number of hydrogen-bond acceptors (Lipinski definition) is 4. The molecular weight excluding hydrogens is 439 g/mol. The van der Waals surface area contributed by atoms with Crippen LogP contribution in [0.3, 0.4) is 0 Å². The van der Waals surface area contributed by atoms with Crippen LogP contribution in [0.2, 0.25) is 0 Å². The highest BCUT2D eigenvalue weighted by Gasteiger charge is 2.30. The van der Waals surface area contributed by atoms with Gasteiger partial charge in [0.25, 0.3) is 5.56 Å². The number of para-hydroxylation sites is 1. The summed E-state index contributed by atoms with van der Waals surface area (Å²) in [5.74, 6) is 0.382. The van der Waals surface area contributed by atoms with Crippen LogP contribution >= 0.6 is 11.8 Å². The van der Waals surface area contributed by atoms with Gasteiger partial charge in [-0.15, -0.1) is 0 Å². The van der Waals surface area contributed by atoms with E-state index in [4.69, 9.17) is 0 Å². The smallest absolute Gasteiger partial charge is 0.343 e. The van der Waals surface area contributed by atoms with E-state index >= 15 is 0 Å². The van der Waals surface area contributed by atoms with Crippen molar-refractivity contribution in [3.8, 4) is 0 Å². The number of likely N-dealkylation sites (tertiary alicyclic amines) is 1.